The lowest BCUT2D eigenvalue weighted by molar-refractivity contribution is 0.588. The van der Waals surface area contributed by atoms with E-state index in [0.717, 1.165) is 5.69 Å². The third-order valence-electron chi connectivity index (χ3n) is 2.71. The minimum absolute atomic E-state index is 0.152. The molecule has 8 heteroatoms. The Labute approximate surface area is 117 Å². The van der Waals surface area contributed by atoms with Crippen molar-refractivity contribution in [2.24, 2.45) is 0 Å². The number of sulfonamides is 1. The summed E-state index contributed by atoms with van der Waals surface area (Å²) in [5, 5.41) is 3.06. The van der Waals surface area contributed by atoms with Crippen LogP contribution in [0.2, 0.25) is 0 Å². The van der Waals surface area contributed by atoms with Crippen LogP contribution in [0.25, 0.3) is 0 Å². The van der Waals surface area contributed by atoms with Gasteiger partial charge in [-0.05, 0) is 31.3 Å². The van der Waals surface area contributed by atoms with Gasteiger partial charge in [0.25, 0.3) is 0 Å². The molecule has 106 valence electrons. The Balaban J connectivity index is 2.22. The van der Waals surface area contributed by atoms with E-state index in [1.165, 1.54) is 25.5 Å². The molecule has 20 heavy (non-hydrogen) atoms. The maximum atomic E-state index is 11.7. The topological polar surface area (TPSA) is 110 Å². The third-order valence-corrected chi connectivity index (χ3v) is 4.12. The van der Waals surface area contributed by atoms with Gasteiger partial charge in [0.05, 0.1) is 28.5 Å². The fourth-order valence-corrected chi connectivity index (χ4v) is 2.34. The molecule has 4 N–H and O–H groups in total. The highest BCUT2D eigenvalue weighted by molar-refractivity contribution is 7.89. The minimum Gasteiger partial charge on any atom is -0.397 e. The zero-order valence-electron chi connectivity index (χ0n) is 10.9. The average molecular weight is 293 g/mol. The van der Waals surface area contributed by atoms with Crippen molar-refractivity contribution in [1.82, 2.24) is 14.7 Å². The van der Waals surface area contributed by atoms with Crippen LogP contribution < -0.4 is 15.8 Å². The first kappa shape index (κ1) is 14.2. The molecule has 0 fully saturated rings. The van der Waals surface area contributed by atoms with Gasteiger partial charge in [-0.15, -0.1) is 0 Å². The Morgan fingerprint density at radius 2 is 2.10 bits per heavy atom. The molecular weight excluding hydrogens is 278 g/mol. The summed E-state index contributed by atoms with van der Waals surface area (Å²) in [4.78, 5) is 8.04. The van der Waals surface area contributed by atoms with E-state index in [1.807, 2.05) is 0 Å². The summed E-state index contributed by atoms with van der Waals surface area (Å²) in [7, 11) is -2.13. The lowest BCUT2D eigenvalue weighted by atomic mass is 10.2. The van der Waals surface area contributed by atoms with Crippen LogP contribution in [0.5, 0.6) is 0 Å². The number of hydrogen-bond donors (Lipinski definition) is 3. The molecule has 1 aromatic heterocycles. The van der Waals surface area contributed by atoms with Crippen LogP contribution in [0.4, 0.5) is 11.4 Å². The number of nitrogens with zero attached hydrogens (tertiary/aromatic N) is 2. The van der Waals surface area contributed by atoms with Gasteiger partial charge in [0.2, 0.25) is 10.0 Å². The molecule has 0 aliphatic carbocycles. The molecule has 0 saturated carbocycles. The van der Waals surface area contributed by atoms with Gasteiger partial charge < -0.3 is 11.1 Å². The summed E-state index contributed by atoms with van der Waals surface area (Å²) in [6.45, 7) is 0.426. The molecule has 0 radical (unpaired) electrons. The van der Waals surface area contributed by atoms with E-state index in [9.17, 15) is 8.42 Å². The molecule has 1 aromatic carbocycles. The van der Waals surface area contributed by atoms with E-state index in [4.69, 9.17) is 5.73 Å². The quantitative estimate of drug-likeness (QED) is 0.696. The Morgan fingerprint density at radius 3 is 2.75 bits per heavy atom. The van der Waals surface area contributed by atoms with E-state index < -0.39 is 10.0 Å². The number of anilines is 2. The highest BCUT2D eigenvalue weighted by Crippen LogP contribution is 2.23. The van der Waals surface area contributed by atoms with Crippen LogP contribution in [0, 0.1) is 0 Å². The second kappa shape index (κ2) is 5.85. The lowest BCUT2D eigenvalue weighted by Crippen LogP contribution is -2.19. The van der Waals surface area contributed by atoms with E-state index in [-0.39, 0.29) is 4.90 Å². The summed E-state index contributed by atoms with van der Waals surface area (Å²) >= 11 is 0. The molecule has 1 heterocycles. The second-order valence-electron chi connectivity index (χ2n) is 4.01. The Morgan fingerprint density at radius 1 is 1.30 bits per heavy atom. The Hall–Kier alpha value is -2.19. The van der Waals surface area contributed by atoms with Gasteiger partial charge >= 0.3 is 0 Å². The van der Waals surface area contributed by atoms with Crippen molar-refractivity contribution in [3.05, 3.63) is 42.5 Å². The molecule has 0 aliphatic rings. The van der Waals surface area contributed by atoms with Gasteiger partial charge in [-0.3, -0.25) is 0 Å². The van der Waals surface area contributed by atoms with Gasteiger partial charge in [0, 0.05) is 6.20 Å². The number of aromatic nitrogens is 2. The molecule has 0 spiro atoms. The molecular formula is C12H15N5O2S. The first-order valence-electron chi connectivity index (χ1n) is 5.85. The van der Waals surface area contributed by atoms with Crippen molar-refractivity contribution in [2.75, 3.05) is 18.1 Å². The molecule has 0 unspecified atom stereocenters. The minimum atomic E-state index is -3.49. The van der Waals surface area contributed by atoms with Crippen LogP contribution in [0.15, 0.2) is 41.7 Å². The predicted molar refractivity (Wildman–Crippen MR) is 76.5 cm³/mol. The molecule has 7 nitrogen and oxygen atoms in total. The summed E-state index contributed by atoms with van der Waals surface area (Å²) < 4.78 is 25.7. The first-order valence-corrected chi connectivity index (χ1v) is 7.33. The zero-order valence-corrected chi connectivity index (χ0v) is 11.7. The number of rotatable bonds is 5. The van der Waals surface area contributed by atoms with Crippen molar-refractivity contribution < 1.29 is 8.42 Å². The van der Waals surface area contributed by atoms with Crippen LogP contribution in [0.1, 0.15) is 5.69 Å². The molecule has 2 rings (SSSR count). The SMILES string of the molecule is CNS(=O)(=O)c1ccc(N)c(NCc2ccncn2)c1. The number of nitrogen functional groups attached to an aromatic ring is 1. The van der Waals surface area contributed by atoms with Gasteiger partial charge in [0.15, 0.2) is 0 Å². The molecule has 0 bridgehead atoms. The summed E-state index contributed by atoms with van der Waals surface area (Å²) in [6.07, 6.45) is 3.08. The average Bonchev–Trinajstić information content (AvgIpc) is 2.47. The summed E-state index contributed by atoms with van der Waals surface area (Å²) in [5.41, 5.74) is 7.62. The maximum absolute atomic E-state index is 11.7. The van der Waals surface area contributed by atoms with Crippen LogP contribution in [-0.4, -0.2) is 25.4 Å². The highest BCUT2D eigenvalue weighted by Gasteiger charge is 2.13. The summed E-state index contributed by atoms with van der Waals surface area (Å²) in [6, 6.07) is 6.25. The van der Waals surface area contributed by atoms with E-state index in [0.29, 0.717) is 17.9 Å². The predicted octanol–water partition coefficient (Wildman–Crippen LogP) is 0.579. The maximum Gasteiger partial charge on any atom is 0.240 e. The Bertz CT molecular complexity index is 688. The van der Waals surface area contributed by atoms with E-state index in [2.05, 4.69) is 20.0 Å². The largest absolute Gasteiger partial charge is 0.397 e. The van der Waals surface area contributed by atoms with E-state index in [1.54, 1.807) is 18.3 Å². The Kier molecular flexibility index (Phi) is 4.16. The number of nitrogens with two attached hydrogens (primary N) is 1. The van der Waals surface area contributed by atoms with Gasteiger partial charge in [0.1, 0.15) is 6.33 Å². The highest BCUT2D eigenvalue weighted by atomic mass is 32.2. The van der Waals surface area contributed by atoms with Gasteiger partial charge in [-0.2, -0.15) is 0 Å². The molecule has 0 aliphatic heterocycles. The van der Waals surface area contributed by atoms with Crippen molar-refractivity contribution in [1.29, 1.82) is 0 Å². The van der Waals surface area contributed by atoms with Crippen LogP contribution >= 0.6 is 0 Å². The van der Waals surface area contributed by atoms with Crippen LogP contribution in [-0.2, 0) is 16.6 Å². The number of hydrogen-bond acceptors (Lipinski definition) is 6. The second-order valence-corrected chi connectivity index (χ2v) is 5.90. The van der Waals surface area contributed by atoms with Crippen molar-refractivity contribution in [3.8, 4) is 0 Å². The van der Waals surface area contributed by atoms with Crippen molar-refractivity contribution in [3.63, 3.8) is 0 Å². The van der Waals surface area contributed by atoms with E-state index >= 15 is 0 Å². The first-order chi connectivity index (χ1) is 9.53. The number of benzene rings is 1. The van der Waals surface area contributed by atoms with Crippen LogP contribution in [0.3, 0.4) is 0 Å². The fourth-order valence-electron chi connectivity index (χ4n) is 1.58. The fraction of sp³-hybridized carbons (Fsp3) is 0.167. The molecule has 0 saturated heterocycles. The third kappa shape index (κ3) is 3.22. The molecule has 0 atom stereocenters. The molecule has 0 amide bonds. The monoisotopic (exact) mass is 293 g/mol. The standard InChI is InChI=1S/C12H15N5O2S/c1-14-20(18,19)10-2-3-11(13)12(6-10)16-7-9-4-5-15-8-17-9/h2-6,8,14,16H,7,13H2,1H3. The molecule has 2 aromatic rings. The summed E-state index contributed by atoms with van der Waals surface area (Å²) in [5.74, 6) is 0. The van der Waals surface area contributed by atoms with Gasteiger partial charge in [-0.25, -0.2) is 23.1 Å². The van der Waals surface area contributed by atoms with Gasteiger partial charge in [-0.1, -0.05) is 0 Å². The normalized spacial score (nSPS) is 11.2. The number of nitrogens with one attached hydrogen (secondary N) is 2. The van der Waals surface area contributed by atoms with Crippen molar-refractivity contribution >= 4 is 21.4 Å². The zero-order chi connectivity index (χ0) is 14.6. The van der Waals surface area contributed by atoms with Crippen molar-refractivity contribution in [2.45, 2.75) is 11.4 Å². The smallest absolute Gasteiger partial charge is 0.240 e. The lowest BCUT2D eigenvalue weighted by Gasteiger charge is -2.11.